The van der Waals surface area contributed by atoms with Crippen molar-refractivity contribution in [3.8, 4) is 0 Å². The van der Waals surface area contributed by atoms with Gasteiger partial charge < -0.3 is 20.7 Å². The number of benzene rings is 1. The van der Waals surface area contributed by atoms with E-state index in [2.05, 4.69) is 5.32 Å². The topological polar surface area (TPSA) is 84.7 Å². The molecule has 1 fully saturated rings. The summed E-state index contributed by atoms with van der Waals surface area (Å²) in [5, 5.41) is 2.69. The van der Waals surface area contributed by atoms with E-state index in [0.717, 1.165) is 0 Å². The number of carbonyl (C=O) groups excluding carboxylic acids is 2. The number of halogens is 1. The van der Waals surface area contributed by atoms with Crippen molar-refractivity contribution in [1.82, 2.24) is 4.90 Å². The minimum absolute atomic E-state index is 0. The van der Waals surface area contributed by atoms with Crippen molar-refractivity contribution in [1.29, 1.82) is 0 Å². The number of hydrogen-bond donors (Lipinski definition) is 2. The Morgan fingerprint density at radius 3 is 2.22 bits per heavy atom. The number of amides is 2. The van der Waals surface area contributed by atoms with E-state index in [1.807, 2.05) is 13.8 Å². The van der Waals surface area contributed by atoms with Crippen LogP contribution in [0.15, 0.2) is 24.3 Å². The van der Waals surface area contributed by atoms with Gasteiger partial charge in [0.05, 0.1) is 18.2 Å². The lowest BCUT2D eigenvalue weighted by Crippen LogP contribution is -2.48. The lowest BCUT2D eigenvalue weighted by Gasteiger charge is -2.35. The molecule has 3 N–H and O–H groups in total. The molecule has 1 heterocycles. The van der Waals surface area contributed by atoms with Gasteiger partial charge in [-0.05, 0) is 45.0 Å². The first-order chi connectivity index (χ1) is 10.4. The van der Waals surface area contributed by atoms with Gasteiger partial charge in [-0.25, -0.2) is 0 Å². The largest absolute Gasteiger partial charge is 0.372 e. The lowest BCUT2D eigenvalue weighted by atomic mass is 10.1. The maximum atomic E-state index is 12.5. The third kappa shape index (κ3) is 5.20. The van der Waals surface area contributed by atoms with Gasteiger partial charge in [0.2, 0.25) is 5.91 Å². The maximum absolute atomic E-state index is 12.5. The average molecular weight is 342 g/mol. The van der Waals surface area contributed by atoms with E-state index in [4.69, 9.17) is 10.5 Å². The highest BCUT2D eigenvalue weighted by atomic mass is 35.5. The molecule has 2 amide bonds. The fourth-order valence-electron chi connectivity index (χ4n) is 2.48. The normalized spacial score (nSPS) is 22.0. The van der Waals surface area contributed by atoms with Gasteiger partial charge in [0.15, 0.2) is 0 Å². The predicted octanol–water partition coefficient (Wildman–Crippen LogP) is 1.64. The second-order valence-electron chi connectivity index (χ2n) is 5.82. The molecule has 1 aliphatic rings. The third-order valence-corrected chi connectivity index (χ3v) is 3.52. The van der Waals surface area contributed by atoms with Crippen molar-refractivity contribution in [3.63, 3.8) is 0 Å². The quantitative estimate of drug-likeness (QED) is 0.875. The summed E-state index contributed by atoms with van der Waals surface area (Å²) in [6, 6.07) is 6.27. The molecule has 128 valence electrons. The van der Waals surface area contributed by atoms with Gasteiger partial charge >= 0.3 is 0 Å². The van der Waals surface area contributed by atoms with Gasteiger partial charge in [-0.2, -0.15) is 0 Å². The number of carbonyl (C=O) groups is 2. The summed E-state index contributed by atoms with van der Waals surface area (Å²) >= 11 is 0. The summed E-state index contributed by atoms with van der Waals surface area (Å²) in [7, 11) is 0. The van der Waals surface area contributed by atoms with Gasteiger partial charge in [0.1, 0.15) is 0 Å². The van der Waals surface area contributed by atoms with E-state index in [-0.39, 0.29) is 36.4 Å². The molecule has 6 nitrogen and oxygen atoms in total. The molecular formula is C16H24ClN3O3. The predicted molar refractivity (Wildman–Crippen MR) is 91.9 cm³/mol. The number of rotatable bonds is 3. The van der Waals surface area contributed by atoms with Gasteiger partial charge in [-0.15, -0.1) is 12.4 Å². The van der Waals surface area contributed by atoms with Gasteiger partial charge in [-0.1, -0.05) is 0 Å². The number of nitrogens with one attached hydrogen (secondary N) is 1. The number of hydrogen-bond acceptors (Lipinski definition) is 4. The molecule has 0 saturated carbocycles. The molecule has 1 aliphatic heterocycles. The van der Waals surface area contributed by atoms with Crippen molar-refractivity contribution in [2.75, 3.05) is 18.4 Å². The fourth-order valence-corrected chi connectivity index (χ4v) is 2.48. The van der Waals surface area contributed by atoms with Crippen LogP contribution in [-0.4, -0.2) is 48.1 Å². The van der Waals surface area contributed by atoms with Gasteiger partial charge in [0.25, 0.3) is 5.91 Å². The molecule has 2 unspecified atom stereocenters. The lowest BCUT2D eigenvalue weighted by molar-refractivity contribution is -0.117. The van der Waals surface area contributed by atoms with Crippen LogP contribution in [0.2, 0.25) is 0 Å². The summed E-state index contributed by atoms with van der Waals surface area (Å²) in [6.07, 6.45) is 0.0783. The highest BCUT2D eigenvalue weighted by molar-refractivity contribution is 5.97. The van der Waals surface area contributed by atoms with Crippen molar-refractivity contribution in [2.45, 2.75) is 39.0 Å². The highest BCUT2D eigenvalue weighted by Crippen LogP contribution is 2.16. The van der Waals surface area contributed by atoms with E-state index < -0.39 is 6.04 Å². The molecule has 1 saturated heterocycles. The number of ether oxygens (including phenoxy) is 1. The minimum atomic E-state index is -0.572. The Hall–Kier alpha value is -1.63. The summed E-state index contributed by atoms with van der Waals surface area (Å²) in [4.78, 5) is 25.8. The SMILES string of the molecule is CC1CN(C(=O)c2ccc(NC(=O)[C@H](C)N)cc2)CC(C)O1.Cl. The van der Waals surface area contributed by atoms with Gasteiger partial charge in [-0.3, -0.25) is 9.59 Å². The Bertz CT molecular complexity index is 538. The second kappa shape index (κ2) is 8.29. The van der Waals surface area contributed by atoms with Crippen LogP contribution < -0.4 is 11.1 Å². The van der Waals surface area contributed by atoms with Crippen LogP contribution in [0, 0.1) is 0 Å². The Balaban J connectivity index is 0.00000264. The molecule has 1 aromatic rings. The average Bonchev–Trinajstić information content (AvgIpc) is 2.46. The molecular weight excluding hydrogens is 318 g/mol. The Morgan fingerprint density at radius 2 is 1.74 bits per heavy atom. The third-order valence-electron chi connectivity index (χ3n) is 3.52. The van der Waals surface area contributed by atoms with E-state index in [0.29, 0.717) is 24.3 Å². The molecule has 0 spiro atoms. The first kappa shape index (κ1) is 19.4. The van der Waals surface area contributed by atoms with E-state index in [1.165, 1.54) is 0 Å². The number of morpholine rings is 1. The van der Waals surface area contributed by atoms with Crippen LogP contribution in [0.1, 0.15) is 31.1 Å². The van der Waals surface area contributed by atoms with Crippen LogP contribution in [-0.2, 0) is 9.53 Å². The van der Waals surface area contributed by atoms with Crippen molar-refractivity contribution in [2.24, 2.45) is 5.73 Å². The van der Waals surface area contributed by atoms with Crippen molar-refractivity contribution in [3.05, 3.63) is 29.8 Å². The molecule has 23 heavy (non-hydrogen) atoms. The molecule has 2 rings (SSSR count). The summed E-state index contributed by atoms with van der Waals surface area (Å²) < 4.78 is 5.63. The standard InChI is InChI=1S/C16H23N3O3.ClH/c1-10-8-19(9-11(2)22-10)16(21)13-4-6-14(7-5-13)18-15(20)12(3)17;/h4-7,10-12H,8-9,17H2,1-3H3,(H,18,20);1H/t10?,11?,12-;/m0./s1. The van der Waals surface area contributed by atoms with E-state index >= 15 is 0 Å². The van der Waals surface area contributed by atoms with Crippen LogP contribution in [0.25, 0.3) is 0 Å². The molecule has 0 aromatic heterocycles. The molecule has 0 radical (unpaired) electrons. The Labute approximate surface area is 142 Å². The minimum Gasteiger partial charge on any atom is -0.372 e. The first-order valence-electron chi connectivity index (χ1n) is 7.48. The van der Waals surface area contributed by atoms with E-state index in [9.17, 15) is 9.59 Å². The van der Waals surface area contributed by atoms with Crippen LogP contribution >= 0.6 is 12.4 Å². The number of nitrogens with zero attached hydrogens (tertiary/aromatic N) is 1. The molecule has 0 aliphatic carbocycles. The van der Waals surface area contributed by atoms with Crippen LogP contribution in [0.5, 0.6) is 0 Å². The van der Waals surface area contributed by atoms with Crippen molar-refractivity contribution < 1.29 is 14.3 Å². The number of nitrogens with two attached hydrogens (primary N) is 1. The maximum Gasteiger partial charge on any atom is 0.254 e. The smallest absolute Gasteiger partial charge is 0.254 e. The zero-order valence-electron chi connectivity index (χ0n) is 13.6. The van der Waals surface area contributed by atoms with Crippen LogP contribution in [0.4, 0.5) is 5.69 Å². The zero-order chi connectivity index (χ0) is 16.3. The molecule has 7 heteroatoms. The molecule has 1 aromatic carbocycles. The highest BCUT2D eigenvalue weighted by Gasteiger charge is 2.26. The number of anilines is 1. The molecule has 0 bridgehead atoms. The van der Waals surface area contributed by atoms with Crippen molar-refractivity contribution >= 4 is 29.9 Å². The van der Waals surface area contributed by atoms with Gasteiger partial charge in [0, 0.05) is 24.3 Å². The summed E-state index contributed by atoms with van der Waals surface area (Å²) in [5.41, 5.74) is 6.73. The first-order valence-corrected chi connectivity index (χ1v) is 7.48. The summed E-state index contributed by atoms with van der Waals surface area (Å²) in [6.45, 7) is 6.72. The Morgan fingerprint density at radius 1 is 1.22 bits per heavy atom. The molecule has 3 atom stereocenters. The Kier molecular flexibility index (Phi) is 7.00. The summed E-state index contributed by atoms with van der Waals surface area (Å²) in [5.74, 6) is -0.276. The second-order valence-corrected chi connectivity index (χ2v) is 5.82. The van der Waals surface area contributed by atoms with Crippen LogP contribution in [0.3, 0.4) is 0 Å². The monoisotopic (exact) mass is 341 g/mol. The zero-order valence-corrected chi connectivity index (χ0v) is 14.4. The van der Waals surface area contributed by atoms with E-state index in [1.54, 1.807) is 36.1 Å². The fraction of sp³-hybridized carbons (Fsp3) is 0.500.